The molecule has 0 saturated heterocycles. The van der Waals surface area contributed by atoms with Crippen molar-refractivity contribution < 1.29 is 0 Å². The minimum Gasteiger partial charge on any atom is -0.168 e. The number of aromatic nitrogens is 4. The molecule has 0 spiro atoms. The molecule has 4 heteroatoms. The SMILES string of the molecule is C.Cn1ncnn1. The molecule has 0 amide bonds. The first-order chi connectivity index (χ1) is 2.89. The lowest BCUT2D eigenvalue weighted by Gasteiger charge is -1.71. The van der Waals surface area contributed by atoms with Gasteiger partial charge in [0.25, 0.3) is 0 Å². The van der Waals surface area contributed by atoms with E-state index in [1.165, 1.54) is 11.1 Å². The summed E-state index contributed by atoms with van der Waals surface area (Å²) in [4.78, 5) is 1.39. The van der Waals surface area contributed by atoms with Crippen molar-refractivity contribution in [3.63, 3.8) is 0 Å². The highest BCUT2D eigenvalue weighted by Gasteiger charge is 1.72. The lowest BCUT2D eigenvalue weighted by molar-refractivity contribution is 0.630. The number of tetrazole rings is 1. The van der Waals surface area contributed by atoms with Crippen molar-refractivity contribution in [2.75, 3.05) is 0 Å². The molecule has 1 rings (SSSR count). The molecular weight excluding hydrogens is 92.1 g/mol. The molecule has 0 saturated carbocycles. The van der Waals surface area contributed by atoms with Gasteiger partial charge in [-0.3, -0.25) is 0 Å². The van der Waals surface area contributed by atoms with Crippen LogP contribution in [-0.4, -0.2) is 20.2 Å². The Labute approximate surface area is 42.2 Å². The molecule has 40 valence electrons. The van der Waals surface area contributed by atoms with E-state index < -0.39 is 0 Å². The van der Waals surface area contributed by atoms with E-state index in [9.17, 15) is 0 Å². The van der Waals surface area contributed by atoms with Crippen molar-refractivity contribution in [2.45, 2.75) is 7.43 Å². The van der Waals surface area contributed by atoms with Crippen molar-refractivity contribution in [1.29, 1.82) is 0 Å². The van der Waals surface area contributed by atoms with Crippen LogP contribution in [0.1, 0.15) is 7.43 Å². The highest BCUT2D eigenvalue weighted by atomic mass is 15.6. The smallest absolute Gasteiger partial charge is 0.162 e. The molecule has 0 bridgehead atoms. The highest BCUT2D eigenvalue weighted by Crippen LogP contribution is 1.56. The second-order valence-corrected chi connectivity index (χ2v) is 0.925. The van der Waals surface area contributed by atoms with E-state index in [1.807, 2.05) is 0 Å². The Morgan fingerprint density at radius 1 is 1.57 bits per heavy atom. The zero-order chi connectivity index (χ0) is 4.41. The average Bonchev–Trinajstić information content (AvgIpc) is 1.86. The van der Waals surface area contributed by atoms with E-state index in [0.717, 1.165) is 0 Å². The van der Waals surface area contributed by atoms with Crippen LogP contribution in [0, 0.1) is 0 Å². The fourth-order valence-electron chi connectivity index (χ4n) is 0.219. The van der Waals surface area contributed by atoms with E-state index in [4.69, 9.17) is 0 Å². The number of aryl methyl sites for hydroxylation is 1. The fraction of sp³-hybridized carbons (Fsp3) is 0.667. The van der Waals surface area contributed by atoms with Gasteiger partial charge in [0.15, 0.2) is 6.33 Å². The summed E-state index contributed by atoms with van der Waals surface area (Å²) in [6, 6.07) is 0. The molecule has 0 aliphatic rings. The zero-order valence-corrected chi connectivity index (χ0v) is 3.37. The molecule has 0 fully saturated rings. The van der Waals surface area contributed by atoms with Crippen LogP contribution in [0.4, 0.5) is 0 Å². The molecule has 1 heterocycles. The maximum atomic E-state index is 3.61. The number of nitrogens with zero attached hydrogens (tertiary/aromatic N) is 4. The molecule has 4 nitrogen and oxygen atoms in total. The Hall–Kier alpha value is -0.930. The number of hydrogen-bond donors (Lipinski definition) is 0. The summed E-state index contributed by atoms with van der Waals surface area (Å²) in [6.07, 6.45) is 1.39. The first-order valence-electron chi connectivity index (χ1n) is 1.56. The Morgan fingerprint density at radius 3 is 2.43 bits per heavy atom. The Morgan fingerprint density at radius 2 is 2.29 bits per heavy atom. The monoisotopic (exact) mass is 100 g/mol. The van der Waals surface area contributed by atoms with Gasteiger partial charge in [0.2, 0.25) is 0 Å². The van der Waals surface area contributed by atoms with Gasteiger partial charge in [0.05, 0.1) is 7.05 Å². The van der Waals surface area contributed by atoms with E-state index in [-0.39, 0.29) is 7.43 Å². The predicted octanol–water partition coefficient (Wildman–Crippen LogP) is -0.154. The van der Waals surface area contributed by atoms with Gasteiger partial charge in [-0.1, -0.05) is 7.43 Å². The van der Waals surface area contributed by atoms with Crippen LogP contribution in [0.15, 0.2) is 6.33 Å². The van der Waals surface area contributed by atoms with Gasteiger partial charge >= 0.3 is 0 Å². The average molecular weight is 100 g/mol. The maximum absolute atomic E-state index is 3.61. The Bertz CT molecular complexity index is 110. The normalized spacial score (nSPS) is 7.57. The third kappa shape index (κ3) is 1.30. The van der Waals surface area contributed by atoms with E-state index in [1.54, 1.807) is 7.05 Å². The second kappa shape index (κ2) is 2.28. The molecular formula is C3H8N4. The van der Waals surface area contributed by atoms with Gasteiger partial charge in [-0.2, -0.15) is 4.80 Å². The number of hydrogen-bond acceptors (Lipinski definition) is 3. The van der Waals surface area contributed by atoms with Gasteiger partial charge in [0.1, 0.15) is 0 Å². The van der Waals surface area contributed by atoms with E-state index in [0.29, 0.717) is 0 Å². The fourth-order valence-corrected chi connectivity index (χ4v) is 0.219. The Balaban J connectivity index is 0.000000360. The molecule has 0 atom stereocenters. The van der Waals surface area contributed by atoms with Crippen LogP contribution in [0.2, 0.25) is 0 Å². The van der Waals surface area contributed by atoms with Gasteiger partial charge in [-0.05, 0) is 5.21 Å². The second-order valence-electron chi connectivity index (χ2n) is 0.925. The lowest BCUT2D eigenvalue weighted by Crippen LogP contribution is -1.90. The first-order valence-corrected chi connectivity index (χ1v) is 1.56. The molecule has 0 radical (unpaired) electrons. The minimum atomic E-state index is 0. The zero-order valence-electron chi connectivity index (χ0n) is 3.37. The maximum Gasteiger partial charge on any atom is 0.162 e. The molecule has 7 heavy (non-hydrogen) atoms. The quantitative estimate of drug-likeness (QED) is 0.455. The Kier molecular flexibility index (Phi) is 1.98. The summed E-state index contributed by atoms with van der Waals surface area (Å²) in [5.41, 5.74) is 0. The number of rotatable bonds is 0. The van der Waals surface area contributed by atoms with Crippen LogP contribution in [0.25, 0.3) is 0 Å². The summed E-state index contributed by atoms with van der Waals surface area (Å²) in [5.74, 6) is 0. The summed E-state index contributed by atoms with van der Waals surface area (Å²) < 4.78 is 0. The highest BCUT2D eigenvalue weighted by molar-refractivity contribution is 4.30. The molecule has 0 aromatic carbocycles. The molecule has 0 aliphatic heterocycles. The van der Waals surface area contributed by atoms with Crippen LogP contribution in [-0.2, 0) is 7.05 Å². The summed E-state index contributed by atoms with van der Waals surface area (Å²) >= 11 is 0. The molecule has 0 N–H and O–H groups in total. The predicted molar refractivity (Wildman–Crippen MR) is 25.5 cm³/mol. The first kappa shape index (κ1) is 6.07. The molecule has 1 aromatic rings. The van der Waals surface area contributed by atoms with Crippen LogP contribution < -0.4 is 0 Å². The van der Waals surface area contributed by atoms with Gasteiger partial charge in [-0.25, -0.2) is 0 Å². The molecule has 1 aromatic heterocycles. The van der Waals surface area contributed by atoms with Gasteiger partial charge in [-0.15, -0.1) is 10.2 Å². The minimum absolute atomic E-state index is 0. The third-order valence-electron chi connectivity index (χ3n) is 0.451. The summed E-state index contributed by atoms with van der Waals surface area (Å²) in [7, 11) is 1.72. The van der Waals surface area contributed by atoms with E-state index >= 15 is 0 Å². The van der Waals surface area contributed by atoms with Crippen LogP contribution in [0.3, 0.4) is 0 Å². The van der Waals surface area contributed by atoms with Crippen molar-refractivity contribution >= 4 is 0 Å². The largest absolute Gasteiger partial charge is 0.168 e. The van der Waals surface area contributed by atoms with Crippen molar-refractivity contribution in [1.82, 2.24) is 20.2 Å². The molecule has 0 unspecified atom stereocenters. The third-order valence-corrected chi connectivity index (χ3v) is 0.451. The van der Waals surface area contributed by atoms with Gasteiger partial charge in [0, 0.05) is 0 Å². The van der Waals surface area contributed by atoms with Crippen molar-refractivity contribution in [2.24, 2.45) is 7.05 Å². The van der Waals surface area contributed by atoms with Crippen LogP contribution >= 0.6 is 0 Å². The lowest BCUT2D eigenvalue weighted by atomic mass is 11.4. The molecule has 0 aliphatic carbocycles. The summed E-state index contributed by atoms with van der Waals surface area (Å²) in [6.45, 7) is 0. The van der Waals surface area contributed by atoms with Crippen LogP contribution in [0.5, 0.6) is 0 Å². The summed E-state index contributed by atoms with van der Waals surface area (Å²) in [5, 5.41) is 10.5. The van der Waals surface area contributed by atoms with Gasteiger partial charge < -0.3 is 0 Å². The van der Waals surface area contributed by atoms with E-state index in [2.05, 4.69) is 15.4 Å². The van der Waals surface area contributed by atoms with Crippen molar-refractivity contribution in [3.8, 4) is 0 Å². The van der Waals surface area contributed by atoms with Crippen molar-refractivity contribution in [3.05, 3.63) is 6.33 Å². The standard InChI is InChI=1S/C2H4N4.CH4/c1-6-4-2-3-5-6;/h2H,1H3;1H4. The topological polar surface area (TPSA) is 43.6 Å².